The number of aliphatic hydroxyl groups is 2. The molecule has 0 saturated carbocycles. The third-order valence-corrected chi connectivity index (χ3v) is 6.58. The lowest BCUT2D eigenvalue weighted by atomic mass is 10.1. The van der Waals surface area contributed by atoms with Crippen molar-refractivity contribution in [3.8, 4) is 11.5 Å². The van der Waals surface area contributed by atoms with E-state index in [4.69, 9.17) is 9.47 Å². The zero-order chi connectivity index (χ0) is 26.2. The minimum atomic E-state index is -0.705. The molecule has 5 nitrogen and oxygen atoms in total. The standard InChI is InChI=1S/C31H41NO4/c1-21-12-23(3)25(5)30(14-21)35-19-28(33)17-32(16-27-10-8-7-9-11-27)18-29(34)20-36-31-15-22(2)13-24(4)26(31)6/h7-15,28-29,33-34H,16-20H2,1-6H3. The number of hydrogen-bond acceptors (Lipinski definition) is 5. The van der Waals surface area contributed by atoms with E-state index in [2.05, 4.69) is 43.0 Å². The minimum Gasteiger partial charge on any atom is -0.491 e. The number of aryl methyl sites for hydroxylation is 4. The van der Waals surface area contributed by atoms with Gasteiger partial charge in [0.25, 0.3) is 0 Å². The van der Waals surface area contributed by atoms with Gasteiger partial charge in [-0.2, -0.15) is 0 Å². The van der Waals surface area contributed by atoms with Crippen LogP contribution < -0.4 is 9.47 Å². The predicted octanol–water partition coefficient (Wildman–Crippen LogP) is 5.22. The van der Waals surface area contributed by atoms with Crippen LogP contribution in [0.3, 0.4) is 0 Å². The van der Waals surface area contributed by atoms with Crippen molar-refractivity contribution in [2.24, 2.45) is 0 Å². The van der Waals surface area contributed by atoms with Gasteiger partial charge in [-0.15, -0.1) is 0 Å². The highest BCUT2D eigenvalue weighted by Crippen LogP contribution is 2.24. The highest BCUT2D eigenvalue weighted by Gasteiger charge is 2.18. The van der Waals surface area contributed by atoms with Crippen molar-refractivity contribution in [1.82, 2.24) is 4.90 Å². The van der Waals surface area contributed by atoms with Gasteiger partial charge in [0, 0.05) is 19.6 Å². The highest BCUT2D eigenvalue weighted by atomic mass is 16.5. The summed E-state index contributed by atoms with van der Waals surface area (Å²) in [6.45, 7) is 14.0. The van der Waals surface area contributed by atoms with Crippen molar-refractivity contribution >= 4 is 0 Å². The van der Waals surface area contributed by atoms with Gasteiger partial charge in [0.05, 0.1) is 0 Å². The van der Waals surface area contributed by atoms with E-state index in [1.165, 1.54) is 11.1 Å². The van der Waals surface area contributed by atoms with Crippen LogP contribution in [0.15, 0.2) is 54.6 Å². The van der Waals surface area contributed by atoms with Gasteiger partial charge >= 0.3 is 0 Å². The second kappa shape index (κ2) is 12.9. The Morgan fingerprint density at radius 3 is 1.56 bits per heavy atom. The summed E-state index contributed by atoms with van der Waals surface area (Å²) in [7, 11) is 0. The molecule has 2 N–H and O–H groups in total. The molecule has 0 aliphatic heterocycles. The van der Waals surface area contributed by atoms with Crippen LogP contribution in [0.4, 0.5) is 0 Å². The Labute approximate surface area is 216 Å². The lowest BCUT2D eigenvalue weighted by molar-refractivity contribution is 0.0281. The summed E-state index contributed by atoms with van der Waals surface area (Å²) in [5, 5.41) is 21.7. The summed E-state index contributed by atoms with van der Waals surface area (Å²) >= 11 is 0. The third kappa shape index (κ3) is 8.09. The van der Waals surface area contributed by atoms with E-state index in [0.29, 0.717) is 19.6 Å². The molecule has 0 aromatic heterocycles. The van der Waals surface area contributed by atoms with Crippen molar-refractivity contribution in [3.63, 3.8) is 0 Å². The van der Waals surface area contributed by atoms with Gasteiger partial charge < -0.3 is 19.7 Å². The summed E-state index contributed by atoms with van der Waals surface area (Å²) in [4.78, 5) is 2.06. The Hall–Kier alpha value is -2.86. The van der Waals surface area contributed by atoms with Crippen LogP contribution in [0, 0.1) is 41.5 Å². The molecule has 0 radical (unpaired) electrons. The molecular formula is C31H41NO4. The normalized spacial score (nSPS) is 13.0. The zero-order valence-electron chi connectivity index (χ0n) is 22.5. The fourth-order valence-electron chi connectivity index (χ4n) is 4.42. The molecule has 0 spiro atoms. The molecule has 5 heteroatoms. The van der Waals surface area contributed by atoms with Gasteiger partial charge in [-0.3, -0.25) is 4.90 Å². The van der Waals surface area contributed by atoms with E-state index in [9.17, 15) is 10.2 Å². The molecule has 0 fully saturated rings. The molecular weight excluding hydrogens is 450 g/mol. The minimum absolute atomic E-state index is 0.184. The molecule has 3 aromatic rings. The number of nitrogens with zero attached hydrogens (tertiary/aromatic N) is 1. The topological polar surface area (TPSA) is 62.2 Å². The number of rotatable bonds is 12. The van der Waals surface area contributed by atoms with Gasteiger partial charge in [0.2, 0.25) is 0 Å². The summed E-state index contributed by atoms with van der Waals surface area (Å²) in [5.74, 6) is 1.61. The van der Waals surface area contributed by atoms with Crippen LogP contribution in [0.2, 0.25) is 0 Å². The molecule has 0 bridgehead atoms. The van der Waals surface area contributed by atoms with Gasteiger partial charge in [0.15, 0.2) is 0 Å². The zero-order valence-corrected chi connectivity index (χ0v) is 22.5. The van der Waals surface area contributed by atoms with Crippen molar-refractivity contribution in [2.45, 2.75) is 60.3 Å². The van der Waals surface area contributed by atoms with Crippen molar-refractivity contribution in [3.05, 3.63) is 93.5 Å². The number of hydrogen-bond donors (Lipinski definition) is 2. The first-order valence-electron chi connectivity index (χ1n) is 12.7. The average Bonchev–Trinajstić information content (AvgIpc) is 2.82. The molecule has 0 aliphatic rings. The summed E-state index contributed by atoms with van der Waals surface area (Å²) in [5.41, 5.74) is 7.91. The lowest BCUT2D eigenvalue weighted by Gasteiger charge is -2.28. The summed E-state index contributed by atoms with van der Waals surface area (Å²) in [6.07, 6.45) is -1.41. The first kappa shape index (κ1) is 27.7. The van der Waals surface area contributed by atoms with Gasteiger partial charge in [-0.1, -0.05) is 42.5 Å². The quantitative estimate of drug-likeness (QED) is 0.364. The van der Waals surface area contributed by atoms with Crippen molar-refractivity contribution in [1.29, 1.82) is 0 Å². The van der Waals surface area contributed by atoms with E-state index in [1.54, 1.807) is 0 Å². The Bertz CT molecular complexity index is 1060. The van der Waals surface area contributed by atoms with Crippen LogP contribution in [-0.4, -0.2) is 53.6 Å². The molecule has 0 aliphatic carbocycles. The van der Waals surface area contributed by atoms with Crippen LogP contribution in [-0.2, 0) is 6.54 Å². The average molecular weight is 492 g/mol. The van der Waals surface area contributed by atoms with E-state index < -0.39 is 12.2 Å². The first-order valence-corrected chi connectivity index (χ1v) is 12.7. The maximum absolute atomic E-state index is 10.8. The van der Waals surface area contributed by atoms with Crippen molar-refractivity contribution in [2.75, 3.05) is 26.3 Å². The largest absolute Gasteiger partial charge is 0.491 e. The first-order chi connectivity index (χ1) is 17.1. The predicted molar refractivity (Wildman–Crippen MR) is 146 cm³/mol. The molecule has 2 atom stereocenters. The highest BCUT2D eigenvalue weighted by molar-refractivity contribution is 5.42. The van der Waals surface area contributed by atoms with Crippen LogP contribution in [0.25, 0.3) is 0 Å². The summed E-state index contributed by atoms with van der Waals surface area (Å²) < 4.78 is 12.0. The number of ether oxygens (including phenoxy) is 2. The number of benzene rings is 3. The summed E-state index contributed by atoms with van der Waals surface area (Å²) in [6, 6.07) is 18.4. The molecule has 36 heavy (non-hydrogen) atoms. The molecule has 0 saturated heterocycles. The van der Waals surface area contributed by atoms with E-state index in [-0.39, 0.29) is 13.2 Å². The number of aliphatic hydroxyl groups excluding tert-OH is 2. The van der Waals surface area contributed by atoms with Gasteiger partial charge in [-0.25, -0.2) is 0 Å². The third-order valence-electron chi connectivity index (χ3n) is 6.58. The molecule has 194 valence electrons. The molecule has 2 unspecified atom stereocenters. The van der Waals surface area contributed by atoms with Gasteiger partial charge in [0.1, 0.15) is 36.9 Å². The monoisotopic (exact) mass is 491 g/mol. The SMILES string of the molecule is Cc1cc(C)c(C)c(OCC(O)CN(Cc2ccccc2)CC(O)COc2cc(C)cc(C)c2C)c1. The Balaban J connectivity index is 1.62. The molecule has 0 amide bonds. The maximum atomic E-state index is 10.8. The Morgan fingerprint density at radius 2 is 1.11 bits per heavy atom. The lowest BCUT2D eigenvalue weighted by Crippen LogP contribution is -2.41. The van der Waals surface area contributed by atoms with E-state index >= 15 is 0 Å². The smallest absolute Gasteiger partial charge is 0.122 e. The fourth-order valence-corrected chi connectivity index (χ4v) is 4.42. The molecule has 3 rings (SSSR count). The Kier molecular flexibility index (Phi) is 9.94. The van der Waals surface area contributed by atoms with Gasteiger partial charge in [-0.05, 0) is 92.6 Å². The van der Waals surface area contributed by atoms with Crippen LogP contribution >= 0.6 is 0 Å². The van der Waals surface area contributed by atoms with E-state index in [1.807, 2.05) is 58.0 Å². The molecule has 0 heterocycles. The van der Waals surface area contributed by atoms with Crippen LogP contribution in [0.5, 0.6) is 11.5 Å². The van der Waals surface area contributed by atoms with E-state index in [0.717, 1.165) is 39.3 Å². The second-order valence-electron chi connectivity index (χ2n) is 10.0. The van der Waals surface area contributed by atoms with Crippen LogP contribution in [0.1, 0.15) is 38.9 Å². The Morgan fingerprint density at radius 1 is 0.667 bits per heavy atom. The molecule has 3 aromatic carbocycles. The second-order valence-corrected chi connectivity index (χ2v) is 10.0. The van der Waals surface area contributed by atoms with Crippen molar-refractivity contribution < 1.29 is 19.7 Å². The fraction of sp³-hybridized carbons (Fsp3) is 0.419. The maximum Gasteiger partial charge on any atom is 0.122 e.